The zero-order chi connectivity index (χ0) is 17.5. The van der Waals surface area contributed by atoms with Gasteiger partial charge in [0.1, 0.15) is 0 Å². The average Bonchev–Trinajstić information content (AvgIpc) is 2.94. The van der Waals surface area contributed by atoms with Crippen LogP contribution in [0.3, 0.4) is 0 Å². The van der Waals surface area contributed by atoms with E-state index in [1.54, 1.807) is 13.0 Å². The van der Waals surface area contributed by atoms with E-state index in [1.807, 2.05) is 19.1 Å². The third kappa shape index (κ3) is 5.97. The van der Waals surface area contributed by atoms with Crippen molar-refractivity contribution in [1.29, 1.82) is 0 Å². The van der Waals surface area contributed by atoms with Crippen molar-refractivity contribution in [3.63, 3.8) is 0 Å². The van der Waals surface area contributed by atoms with E-state index in [0.29, 0.717) is 23.2 Å². The van der Waals surface area contributed by atoms with Crippen molar-refractivity contribution in [2.24, 2.45) is 0 Å². The Hall–Kier alpha value is -1.87. The van der Waals surface area contributed by atoms with Crippen LogP contribution in [-0.2, 0) is 20.1 Å². The lowest BCUT2D eigenvalue weighted by Crippen LogP contribution is -2.21. The summed E-state index contributed by atoms with van der Waals surface area (Å²) < 4.78 is 10.7. The van der Waals surface area contributed by atoms with Crippen molar-refractivity contribution in [2.45, 2.75) is 19.6 Å². The van der Waals surface area contributed by atoms with E-state index in [1.165, 1.54) is 11.8 Å². The molecule has 0 saturated carbocycles. The molecular formula is C15H16BrN3O4S. The maximum absolute atomic E-state index is 11.8. The number of rotatable bonds is 7. The Morgan fingerprint density at radius 1 is 1.38 bits per heavy atom. The molecular weight excluding hydrogens is 398 g/mol. The minimum absolute atomic E-state index is 0.109. The molecule has 0 spiro atoms. The second kappa shape index (κ2) is 8.84. The van der Waals surface area contributed by atoms with Gasteiger partial charge in [0.25, 0.3) is 5.91 Å². The first kappa shape index (κ1) is 18.5. The summed E-state index contributed by atoms with van der Waals surface area (Å²) in [6, 6.07) is 5.43. The first-order chi connectivity index (χ1) is 11.4. The van der Waals surface area contributed by atoms with E-state index in [-0.39, 0.29) is 18.3 Å². The van der Waals surface area contributed by atoms with Crippen LogP contribution >= 0.6 is 27.7 Å². The smallest absolute Gasteiger partial charge is 0.316 e. The lowest BCUT2D eigenvalue weighted by molar-refractivity contribution is -0.144. The molecule has 1 heterocycles. The lowest BCUT2D eigenvalue weighted by atomic mass is 10.2. The highest BCUT2D eigenvalue weighted by Crippen LogP contribution is 2.19. The number of aryl methyl sites for hydroxylation is 2. The number of hydrogen-bond donors (Lipinski definition) is 1. The summed E-state index contributed by atoms with van der Waals surface area (Å²) in [5, 5.41) is 6.39. The fourth-order valence-electron chi connectivity index (χ4n) is 1.73. The van der Waals surface area contributed by atoms with E-state index < -0.39 is 5.97 Å². The lowest BCUT2D eigenvalue weighted by Gasteiger charge is -2.08. The molecule has 0 aliphatic rings. The minimum Gasteiger partial charge on any atom is -0.455 e. The Morgan fingerprint density at radius 2 is 2.17 bits per heavy atom. The molecule has 0 aliphatic heterocycles. The molecule has 0 unspecified atom stereocenters. The number of benzene rings is 1. The van der Waals surface area contributed by atoms with Crippen molar-refractivity contribution in [2.75, 3.05) is 17.7 Å². The summed E-state index contributed by atoms with van der Waals surface area (Å²) in [5.74, 6) is 0.697. The summed E-state index contributed by atoms with van der Waals surface area (Å²) in [4.78, 5) is 27.4. The predicted octanol–water partition coefficient (Wildman–Crippen LogP) is 2.86. The number of esters is 1. The molecule has 0 saturated heterocycles. The van der Waals surface area contributed by atoms with Crippen LogP contribution in [0.5, 0.6) is 0 Å². The number of nitrogens with zero attached hydrogens (tertiary/aromatic N) is 2. The number of carbonyl (C=O) groups excluding carboxylic acids is 2. The molecule has 1 amide bonds. The van der Waals surface area contributed by atoms with E-state index in [0.717, 1.165) is 10.0 Å². The molecule has 128 valence electrons. The summed E-state index contributed by atoms with van der Waals surface area (Å²) >= 11 is 4.68. The highest BCUT2D eigenvalue weighted by molar-refractivity contribution is 9.10. The van der Waals surface area contributed by atoms with E-state index in [9.17, 15) is 9.59 Å². The van der Waals surface area contributed by atoms with Gasteiger partial charge in [-0.15, -0.1) is 11.8 Å². The van der Waals surface area contributed by atoms with Crippen molar-refractivity contribution in [3.8, 4) is 0 Å². The van der Waals surface area contributed by atoms with Crippen molar-refractivity contribution in [1.82, 2.24) is 10.1 Å². The van der Waals surface area contributed by atoms with Crippen LogP contribution in [0, 0.1) is 13.8 Å². The molecule has 0 aliphatic carbocycles. The first-order valence-electron chi connectivity index (χ1n) is 7.02. The van der Waals surface area contributed by atoms with Crippen LogP contribution in [0.4, 0.5) is 5.69 Å². The minimum atomic E-state index is -0.470. The maximum atomic E-state index is 11.8. The Bertz CT molecular complexity index is 735. The van der Waals surface area contributed by atoms with Gasteiger partial charge in [0.05, 0.1) is 11.5 Å². The monoisotopic (exact) mass is 413 g/mol. The predicted molar refractivity (Wildman–Crippen MR) is 93.7 cm³/mol. The van der Waals surface area contributed by atoms with Gasteiger partial charge < -0.3 is 14.6 Å². The molecule has 9 heteroatoms. The summed E-state index contributed by atoms with van der Waals surface area (Å²) in [7, 11) is 0. The van der Waals surface area contributed by atoms with Gasteiger partial charge in [-0.25, -0.2) is 0 Å². The summed E-state index contributed by atoms with van der Waals surface area (Å²) in [6.07, 6.45) is 0. The molecule has 24 heavy (non-hydrogen) atoms. The summed E-state index contributed by atoms with van der Waals surface area (Å²) in [6.45, 7) is 3.29. The second-order valence-electron chi connectivity index (χ2n) is 4.90. The molecule has 1 aromatic carbocycles. The zero-order valence-corrected chi connectivity index (χ0v) is 15.6. The number of ether oxygens (including phenoxy) is 1. The Labute approximate surface area is 151 Å². The third-order valence-corrected chi connectivity index (χ3v) is 4.62. The van der Waals surface area contributed by atoms with Gasteiger partial charge in [0.2, 0.25) is 5.89 Å². The van der Waals surface area contributed by atoms with Gasteiger partial charge in [0.15, 0.2) is 12.4 Å². The number of anilines is 1. The van der Waals surface area contributed by atoms with Crippen molar-refractivity contribution < 1.29 is 18.8 Å². The molecule has 1 N–H and O–H groups in total. The molecule has 0 atom stereocenters. The highest BCUT2D eigenvalue weighted by atomic mass is 79.9. The number of thioether (sulfide) groups is 1. The highest BCUT2D eigenvalue weighted by Gasteiger charge is 2.10. The fraction of sp³-hybridized carbons (Fsp3) is 0.333. The SMILES string of the molecule is Cc1nc(CSCC(=O)OCC(=O)Nc2ccc(Br)c(C)c2)no1. The fourth-order valence-corrected chi connectivity index (χ4v) is 2.63. The number of carbonyl (C=O) groups is 2. The average molecular weight is 414 g/mol. The van der Waals surface area contributed by atoms with Crippen molar-refractivity contribution >= 4 is 45.3 Å². The largest absolute Gasteiger partial charge is 0.455 e. The van der Waals surface area contributed by atoms with Crippen LogP contribution in [0.1, 0.15) is 17.3 Å². The van der Waals surface area contributed by atoms with Gasteiger partial charge in [-0.2, -0.15) is 4.98 Å². The van der Waals surface area contributed by atoms with Gasteiger partial charge in [-0.3, -0.25) is 9.59 Å². The van der Waals surface area contributed by atoms with E-state index >= 15 is 0 Å². The number of aromatic nitrogens is 2. The quantitative estimate of drug-likeness (QED) is 0.697. The van der Waals surface area contributed by atoms with Gasteiger partial charge in [-0.1, -0.05) is 21.1 Å². The molecule has 0 bridgehead atoms. The van der Waals surface area contributed by atoms with Crippen LogP contribution in [-0.4, -0.2) is 34.4 Å². The molecule has 2 rings (SSSR count). The summed E-state index contributed by atoms with van der Waals surface area (Å²) in [5.41, 5.74) is 1.65. The molecule has 0 radical (unpaired) electrons. The maximum Gasteiger partial charge on any atom is 0.316 e. The van der Waals surface area contributed by atoms with Crippen LogP contribution in [0.25, 0.3) is 0 Å². The topological polar surface area (TPSA) is 94.3 Å². The molecule has 1 aromatic heterocycles. The second-order valence-corrected chi connectivity index (χ2v) is 6.74. The van der Waals surface area contributed by atoms with Crippen LogP contribution in [0.15, 0.2) is 27.2 Å². The standard InChI is InChI=1S/C15H16BrN3O4S/c1-9-5-11(3-4-12(9)16)18-14(20)6-22-15(21)8-24-7-13-17-10(2)23-19-13/h3-5H,6-8H2,1-2H3,(H,18,20). The zero-order valence-electron chi connectivity index (χ0n) is 13.2. The van der Waals surface area contributed by atoms with Gasteiger partial charge in [-0.05, 0) is 30.7 Å². The van der Waals surface area contributed by atoms with Gasteiger partial charge >= 0.3 is 5.97 Å². The van der Waals surface area contributed by atoms with E-state index in [4.69, 9.17) is 9.26 Å². The third-order valence-electron chi connectivity index (χ3n) is 2.83. The van der Waals surface area contributed by atoms with Crippen molar-refractivity contribution in [3.05, 3.63) is 40.0 Å². The Kier molecular flexibility index (Phi) is 6.80. The Morgan fingerprint density at radius 3 is 2.83 bits per heavy atom. The molecule has 0 fully saturated rings. The van der Waals surface area contributed by atoms with Crippen LogP contribution < -0.4 is 5.32 Å². The normalized spacial score (nSPS) is 10.5. The number of amides is 1. The molecule has 7 nitrogen and oxygen atoms in total. The number of nitrogens with one attached hydrogen (secondary N) is 1. The number of halogens is 1. The van der Waals surface area contributed by atoms with E-state index in [2.05, 4.69) is 31.4 Å². The number of hydrogen-bond acceptors (Lipinski definition) is 7. The van der Waals surface area contributed by atoms with Gasteiger partial charge in [0, 0.05) is 17.1 Å². The molecule has 2 aromatic rings. The Balaban J connectivity index is 1.67. The van der Waals surface area contributed by atoms with Crippen LogP contribution in [0.2, 0.25) is 0 Å². The first-order valence-corrected chi connectivity index (χ1v) is 8.97.